The second kappa shape index (κ2) is 7.45. The van der Waals surface area contributed by atoms with E-state index in [-0.39, 0.29) is 18.5 Å². The number of carbonyl (C=O) groups is 1. The number of anilines is 1. The summed E-state index contributed by atoms with van der Waals surface area (Å²) in [7, 11) is -3.40. The second-order valence-corrected chi connectivity index (χ2v) is 8.46. The van der Waals surface area contributed by atoms with Crippen LogP contribution in [0.1, 0.15) is 43.2 Å². The zero-order valence-corrected chi connectivity index (χ0v) is 14.9. The third kappa shape index (κ3) is 5.32. The maximum absolute atomic E-state index is 12.3. The molecule has 0 saturated heterocycles. The molecule has 2 rings (SSSR count). The van der Waals surface area contributed by atoms with Gasteiger partial charge in [0.05, 0.1) is 12.8 Å². The van der Waals surface area contributed by atoms with Crippen molar-refractivity contribution in [3.05, 3.63) is 29.3 Å². The van der Waals surface area contributed by atoms with Crippen LogP contribution in [0.25, 0.3) is 0 Å². The minimum absolute atomic E-state index is 0.0521. The lowest BCUT2D eigenvalue weighted by molar-refractivity contribution is -0.116. The second-order valence-electron chi connectivity index (χ2n) is 6.52. The van der Waals surface area contributed by atoms with E-state index in [9.17, 15) is 13.2 Å². The molecule has 1 fully saturated rings. The number of hydrogen-bond acceptors (Lipinski definition) is 3. The molecular formula is C17H26N2O3S. The number of carbonyl (C=O) groups excluding carboxylic acids is 1. The maximum Gasteiger partial charge on any atom is 0.239 e. The number of benzene rings is 1. The number of rotatable bonds is 5. The Bertz CT molecular complexity index is 644. The Hall–Kier alpha value is -1.40. The van der Waals surface area contributed by atoms with E-state index >= 15 is 0 Å². The van der Waals surface area contributed by atoms with E-state index < -0.39 is 10.0 Å². The Labute approximate surface area is 139 Å². The minimum Gasteiger partial charge on any atom is -0.325 e. The molecule has 6 heteroatoms. The van der Waals surface area contributed by atoms with Gasteiger partial charge < -0.3 is 5.32 Å². The van der Waals surface area contributed by atoms with Gasteiger partial charge in [0, 0.05) is 11.7 Å². The fourth-order valence-electron chi connectivity index (χ4n) is 3.28. The van der Waals surface area contributed by atoms with Crippen LogP contribution in [0.5, 0.6) is 0 Å². The van der Waals surface area contributed by atoms with Crippen molar-refractivity contribution >= 4 is 21.6 Å². The topological polar surface area (TPSA) is 66.5 Å². The van der Waals surface area contributed by atoms with E-state index in [4.69, 9.17) is 0 Å². The minimum atomic E-state index is -3.40. The van der Waals surface area contributed by atoms with Gasteiger partial charge in [-0.3, -0.25) is 4.79 Å². The highest BCUT2D eigenvalue weighted by Crippen LogP contribution is 2.24. The summed E-state index contributed by atoms with van der Waals surface area (Å²) in [6, 6.07) is 5.75. The molecule has 0 atom stereocenters. The zero-order chi connectivity index (χ0) is 17.0. The number of aryl methyl sites for hydroxylation is 2. The van der Waals surface area contributed by atoms with Crippen molar-refractivity contribution in [2.45, 2.75) is 52.0 Å². The molecule has 1 aromatic carbocycles. The van der Waals surface area contributed by atoms with Crippen LogP contribution in [0.3, 0.4) is 0 Å². The highest BCUT2D eigenvalue weighted by Gasteiger charge is 2.29. The first-order valence-electron chi connectivity index (χ1n) is 8.10. The van der Waals surface area contributed by atoms with E-state index in [1.54, 1.807) is 0 Å². The van der Waals surface area contributed by atoms with Crippen molar-refractivity contribution in [2.24, 2.45) is 0 Å². The van der Waals surface area contributed by atoms with E-state index in [1.807, 2.05) is 32.0 Å². The van der Waals surface area contributed by atoms with Gasteiger partial charge in [-0.05, 0) is 49.9 Å². The van der Waals surface area contributed by atoms with E-state index in [2.05, 4.69) is 5.32 Å². The molecule has 1 aromatic rings. The fourth-order valence-corrected chi connectivity index (χ4v) is 4.38. The molecule has 1 aliphatic carbocycles. The fraction of sp³-hybridized carbons (Fsp3) is 0.588. The van der Waals surface area contributed by atoms with Crippen LogP contribution < -0.4 is 5.32 Å². The predicted molar refractivity (Wildman–Crippen MR) is 93.0 cm³/mol. The first-order valence-corrected chi connectivity index (χ1v) is 9.95. The Morgan fingerprint density at radius 3 is 2.22 bits per heavy atom. The summed E-state index contributed by atoms with van der Waals surface area (Å²) in [5.41, 5.74) is 2.84. The lowest BCUT2D eigenvalue weighted by atomic mass is 9.95. The van der Waals surface area contributed by atoms with Crippen LogP contribution >= 0.6 is 0 Å². The molecule has 0 aliphatic heterocycles. The lowest BCUT2D eigenvalue weighted by Gasteiger charge is -2.31. The highest BCUT2D eigenvalue weighted by atomic mass is 32.2. The number of nitrogens with zero attached hydrogens (tertiary/aromatic N) is 1. The van der Waals surface area contributed by atoms with Gasteiger partial charge in [-0.1, -0.05) is 25.3 Å². The van der Waals surface area contributed by atoms with Crippen LogP contribution in [0.4, 0.5) is 5.69 Å². The standard InChI is InChI=1S/C17H26N2O3S/c1-13-9-14(2)11-15(10-13)18-17(20)12-19(23(3,21)22)16-7-5-4-6-8-16/h9-11,16H,4-8,12H2,1-3H3,(H,18,20). The summed E-state index contributed by atoms with van der Waals surface area (Å²) < 4.78 is 25.5. The third-order valence-corrected chi connectivity index (χ3v) is 5.49. The van der Waals surface area contributed by atoms with Gasteiger partial charge in [-0.2, -0.15) is 4.31 Å². The molecule has 0 spiro atoms. The molecule has 0 aromatic heterocycles. The van der Waals surface area contributed by atoms with Crippen molar-refractivity contribution < 1.29 is 13.2 Å². The SMILES string of the molecule is Cc1cc(C)cc(NC(=O)CN(C2CCCCC2)S(C)(=O)=O)c1. The molecule has 23 heavy (non-hydrogen) atoms. The molecule has 0 bridgehead atoms. The normalized spacial score (nSPS) is 16.5. The van der Waals surface area contributed by atoms with Crippen molar-refractivity contribution in [2.75, 3.05) is 18.1 Å². The monoisotopic (exact) mass is 338 g/mol. The van der Waals surface area contributed by atoms with Gasteiger partial charge in [0.1, 0.15) is 0 Å². The van der Waals surface area contributed by atoms with Gasteiger partial charge in [0.15, 0.2) is 0 Å². The van der Waals surface area contributed by atoms with Gasteiger partial charge in [-0.15, -0.1) is 0 Å². The first kappa shape index (κ1) is 17.9. The van der Waals surface area contributed by atoms with Crippen LogP contribution in [0.15, 0.2) is 18.2 Å². The Morgan fingerprint density at radius 1 is 1.13 bits per heavy atom. The van der Waals surface area contributed by atoms with Crippen LogP contribution in [0.2, 0.25) is 0 Å². The number of nitrogens with one attached hydrogen (secondary N) is 1. The molecule has 5 nitrogen and oxygen atoms in total. The molecule has 0 radical (unpaired) electrons. The lowest BCUT2D eigenvalue weighted by Crippen LogP contribution is -2.45. The zero-order valence-electron chi connectivity index (χ0n) is 14.1. The highest BCUT2D eigenvalue weighted by molar-refractivity contribution is 7.88. The Kier molecular flexibility index (Phi) is 5.81. The predicted octanol–water partition coefficient (Wildman–Crippen LogP) is 2.84. The molecule has 1 N–H and O–H groups in total. The third-order valence-electron chi connectivity index (χ3n) is 4.21. The quantitative estimate of drug-likeness (QED) is 0.898. The summed E-state index contributed by atoms with van der Waals surface area (Å²) >= 11 is 0. The molecular weight excluding hydrogens is 312 g/mol. The van der Waals surface area contributed by atoms with Crippen molar-refractivity contribution in [1.82, 2.24) is 4.31 Å². The Balaban J connectivity index is 2.08. The maximum atomic E-state index is 12.3. The number of sulfonamides is 1. The first-order chi connectivity index (χ1) is 10.8. The number of hydrogen-bond donors (Lipinski definition) is 1. The molecule has 0 heterocycles. The summed E-state index contributed by atoms with van der Waals surface area (Å²) in [6.45, 7) is 3.82. The average Bonchev–Trinajstić information content (AvgIpc) is 2.43. The van der Waals surface area contributed by atoms with E-state index in [0.717, 1.165) is 43.2 Å². The van der Waals surface area contributed by atoms with Gasteiger partial charge in [-0.25, -0.2) is 8.42 Å². The molecule has 0 unspecified atom stereocenters. The Morgan fingerprint density at radius 2 is 1.70 bits per heavy atom. The molecule has 128 valence electrons. The summed E-state index contributed by atoms with van der Waals surface area (Å²) in [6.07, 6.45) is 6.05. The molecule has 1 aliphatic rings. The van der Waals surface area contributed by atoms with Crippen LogP contribution in [-0.2, 0) is 14.8 Å². The van der Waals surface area contributed by atoms with Crippen molar-refractivity contribution in [3.8, 4) is 0 Å². The summed E-state index contributed by atoms with van der Waals surface area (Å²) in [5, 5.41) is 2.82. The van der Waals surface area contributed by atoms with E-state index in [1.165, 1.54) is 10.6 Å². The largest absolute Gasteiger partial charge is 0.325 e. The van der Waals surface area contributed by atoms with Crippen molar-refractivity contribution in [1.29, 1.82) is 0 Å². The molecule has 1 amide bonds. The van der Waals surface area contributed by atoms with Gasteiger partial charge in [0.2, 0.25) is 15.9 Å². The van der Waals surface area contributed by atoms with Crippen molar-refractivity contribution in [3.63, 3.8) is 0 Å². The summed E-state index contributed by atoms with van der Waals surface area (Å²) in [5.74, 6) is -0.286. The van der Waals surface area contributed by atoms with E-state index in [0.29, 0.717) is 5.69 Å². The summed E-state index contributed by atoms with van der Waals surface area (Å²) in [4.78, 5) is 12.3. The van der Waals surface area contributed by atoms with Gasteiger partial charge in [0.25, 0.3) is 0 Å². The van der Waals surface area contributed by atoms with Crippen LogP contribution in [0, 0.1) is 13.8 Å². The average molecular weight is 338 g/mol. The van der Waals surface area contributed by atoms with Crippen LogP contribution in [-0.4, -0.2) is 37.5 Å². The smallest absolute Gasteiger partial charge is 0.239 e. The van der Waals surface area contributed by atoms with Gasteiger partial charge >= 0.3 is 0 Å². The molecule has 1 saturated carbocycles. The number of amides is 1.